The van der Waals surface area contributed by atoms with Crippen LogP contribution in [0.1, 0.15) is 24.1 Å². The fourth-order valence-electron chi connectivity index (χ4n) is 2.58. The number of sulfonamides is 1. The third kappa shape index (κ3) is 3.63. The second-order valence-corrected chi connectivity index (χ2v) is 7.82. The first kappa shape index (κ1) is 16.2. The summed E-state index contributed by atoms with van der Waals surface area (Å²) in [6.45, 7) is 4.95. The zero-order chi connectivity index (χ0) is 16.4. The highest BCUT2D eigenvalue weighted by atomic mass is 32.2. The van der Waals surface area contributed by atoms with Crippen molar-refractivity contribution in [2.75, 3.05) is 13.2 Å². The van der Waals surface area contributed by atoms with Crippen LogP contribution < -0.4 is 0 Å². The molecule has 1 aliphatic heterocycles. The summed E-state index contributed by atoms with van der Waals surface area (Å²) in [5.74, 6) is 0. The van der Waals surface area contributed by atoms with Gasteiger partial charge in [0.1, 0.15) is 0 Å². The first-order valence-electron chi connectivity index (χ1n) is 7.73. The molecule has 0 spiro atoms. The zero-order valence-corrected chi connectivity index (χ0v) is 14.2. The number of hydrogen-bond donors (Lipinski definition) is 0. The topological polar surface area (TPSA) is 49.9 Å². The van der Waals surface area contributed by atoms with E-state index in [4.69, 9.17) is 4.74 Å². The molecule has 23 heavy (non-hydrogen) atoms. The summed E-state index contributed by atoms with van der Waals surface area (Å²) in [5.41, 5.74) is 2.14. The highest BCUT2D eigenvalue weighted by Gasteiger charge is 2.36. The third-order valence-corrected chi connectivity index (χ3v) is 6.08. The van der Waals surface area contributed by atoms with Crippen molar-refractivity contribution in [3.8, 4) is 0 Å². The fraction of sp³-hybridized carbons (Fsp3) is 0.333. The van der Waals surface area contributed by atoms with Gasteiger partial charge >= 0.3 is 0 Å². The number of benzene rings is 2. The average Bonchev–Trinajstić information content (AvgIpc) is 3.37. The summed E-state index contributed by atoms with van der Waals surface area (Å²) in [6.07, 6.45) is 0.00128. The Hall–Kier alpha value is -1.69. The van der Waals surface area contributed by atoms with Crippen LogP contribution in [0.15, 0.2) is 59.5 Å². The molecule has 2 atom stereocenters. The molecule has 0 amide bonds. The molecule has 0 N–H and O–H groups in total. The Morgan fingerprint density at radius 2 is 1.74 bits per heavy atom. The van der Waals surface area contributed by atoms with E-state index in [0.29, 0.717) is 18.0 Å². The predicted octanol–water partition coefficient (Wildman–Crippen LogP) is 3.15. The molecule has 1 aliphatic rings. The summed E-state index contributed by atoms with van der Waals surface area (Å²) >= 11 is 0. The van der Waals surface area contributed by atoms with Crippen LogP contribution in [-0.2, 0) is 14.8 Å². The van der Waals surface area contributed by atoms with Gasteiger partial charge in [0.2, 0.25) is 10.0 Å². The van der Waals surface area contributed by atoms with E-state index in [9.17, 15) is 8.42 Å². The van der Waals surface area contributed by atoms with Gasteiger partial charge in [-0.05, 0) is 31.5 Å². The molecule has 0 bridgehead atoms. The summed E-state index contributed by atoms with van der Waals surface area (Å²) in [5, 5.41) is 0. The van der Waals surface area contributed by atoms with Crippen LogP contribution in [0, 0.1) is 6.92 Å². The van der Waals surface area contributed by atoms with E-state index in [-0.39, 0.29) is 12.1 Å². The summed E-state index contributed by atoms with van der Waals surface area (Å²) in [4.78, 5) is 0.319. The lowest BCUT2D eigenvalue weighted by Gasteiger charge is -2.28. The summed E-state index contributed by atoms with van der Waals surface area (Å²) < 4.78 is 32.9. The molecule has 0 radical (unpaired) electrons. The standard InChI is InChI=1S/C18H21NO3S/c1-14-8-10-16(11-9-14)15(2)19(12-17-13-22-17)23(20,21)18-6-4-3-5-7-18/h3-11,15,17H,12-13H2,1-2H3. The molecule has 1 saturated heterocycles. The Morgan fingerprint density at radius 1 is 1.13 bits per heavy atom. The minimum Gasteiger partial charge on any atom is -0.372 e. The Morgan fingerprint density at radius 3 is 2.30 bits per heavy atom. The third-order valence-electron chi connectivity index (χ3n) is 4.13. The average molecular weight is 331 g/mol. The minimum absolute atomic E-state index is 0.00128. The molecule has 0 saturated carbocycles. The molecule has 5 heteroatoms. The maximum Gasteiger partial charge on any atom is 0.243 e. The lowest BCUT2D eigenvalue weighted by molar-refractivity contribution is 0.295. The van der Waals surface area contributed by atoms with E-state index >= 15 is 0 Å². The molecule has 1 fully saturated rings. The number of rotatable bonds is 6. The Balaban J connectivity index is 1.95. The van der Waals surface area contributed by atoms with Crippen molar-refractivity contribution in [3.63, 3.8) is 0 Å². The van der Waals surface area contributed by atoms with Crippen molar-refractivity contribution in [2.24, 2.45) is 0 Å². The van der Waals surface area contributed by atoms with Crippen LogP contribution in [0.3, 0.4) is 0 Å². The lowest BCUT2D eigenvalue weighted by Crippen LogP contribution is -2.36. The van der Waals surface area contributed by atoms with E-state index in [1.54, 1.807) is 28.6 Å². The van der Waals surface area contributed by atoms with Gasteiger partial charge in [0.15, 0.2) is 0 Å². The molecular formula is C18H21NO3S. The fourth-order valence-corrected chi connectivity index (χ4v) is 4.25. The Kier molecular flexibility index (Phi) is 4.53. The van der Waals surface area contributed by atoms with E-state index in [1.165, 1.54) is 0 Å². The highest BCUT2D eigenvalue weighted by molar-refractivity contribution is 7.89. The summed E-state index contributed by atoms with van der Waals surface area (Å²) in [6, 6.07) is 16.3. The maximum absolute atomic E-state index is 13.0. The Bertz CT molecular complexity index is 753. The molecule has 2 aromatic carbocycles. The van der Waals surface area contributed by atoms with Gasteiger partial charge in [-0.1, -0.05) is 48.0 Å². The SMILES string of the molecule is Cc1ccc(C(C)N(CC2CO2)S(=O)(=O)c2ccccc2)cc1. The molecule has 122 valence electrons. The molecular weight excluding hydrogens is 310 g/mol. The molecule has 0 aliphatic carbocycles. The van der Waals surface area contributed by atoms with E-state index in [2.05, 4.69) is 0 Å². The monoisotopic (exact) mass is 331 g/mol. The lowest BCUT2D eigenvalue weighted by atomic mass is 10.1. The zero-order valence-electron chi connectivity index (χ0n) is 13.3. The second-order valence-electron chi connectivity index (χ2n) is 5.93. The summed E-state index contributed by atoms with van der Waals surface area (Å²) in [7, 11) is -3.56. The first-order chi connectivity index (χ1) is 11.0. The van der Waals surface area contributed by atoms with Crippen molar-refractivity contribution in [1.29, 1.82) is 0 Å². The molecule has 4 nitrogen and oxygen atoms in total. The van der Waals surface area contributed by atoms with Gasteiger partial charge in [-0.2, -0.15) is 4.31 Å². The molecule has 0 aromatic heterocycles. The number of ether oxygens (including phenoxy) is 1. The van der Waals surface area contributed by atoms with Crippen LogP contribution >= 0.6 is 0 Å². The van der Waals surface area contributed by atoms with E-state index < -0.39 is 10.0 Å². The van der Waals surface area contributed by atoms with Crippen molar-refractivity contribution in [1.82, 2.24) is 4.31 Å². The largest absolute Gasteiger partial charge is 0.372 e. The van der Waals surface area contributed by atoms with E-state index in [0.717, 1.165) is 11.1 Å². The minimum atomic E-state index is -3.56. The van der Waals surface area contributed by atoms with Crippen LogP contribution in [0.5, 0.6) is 0 Å². The molecule has 2 aromatic rings. The molecule has 3 rings (SSSR count). The van der Waals surface area contributed by atoms with Crippen molar-refractivity contribution in [3.05, 3.63) is 65.7 Å². The number of nitrogens with zero attached hydrogens (tertiary/aromatic N) is 1. The quantitative estimate of drug-likeness (QED) is 0.764. The van der Waals surface area contributed by atoms with Crippen molar-refractivity contribution in [2.45, 2.75) is 30.9 Å². The number of epoxide rings is 1. The first-order valence-corrected chi connectivity index (χ1v) is 9.17. The van der Waals surface area contributed by atoms with Gasteiger partial charge in [0.25, 0.3) is 0 Å². The molecule has 1 heterocycles. The van der Waals surface area contributed by atoms with Gasteiger partial charge in [0, 0.05) is 12.6 Å². The van der Waals surface area contributed by atoms with Crippen LogP contribution in [0.2, 0.25) is 0 Å². The van der Waals surface area contributed by atoms with Gasteiger partial charge in [-0.25, -0.2) is 8.42 Å². The smallest absolute Gasteiger partial charge is 0.243 e. The van der Waals surface area contributed by atoms with Gasteiger partial charge < -0.3 is 4.74 Å². The van der Waals surface area contributed by atoms with Crippen LogP contribution in [0.25, 0.3) is 0 Å². The van der Waals surface area contributed by atoms with Crippen LogP contribution in [0.4, 0.5) is 0 Å². The number of aryl methyl sites for hydroxylation is 1. The molecule has 2 unspecified atom stereocenters. The normalized spacial score (nSPS) is 18.8. The number of hydrogen-bond acceptors (Lipinski definition) is 3. The van der Waals surface area contributed by atoms with Crippen molar-refractivity contribution >= 4 is 10.0 Å². The van der Waals surface area contributed by atoms with E-state index in [1.807, 2.05) is 44.2 Å². The van der Waals surface area contributed by atoms with Crippen LogP contribution in [-0.4, -0.2) is 32.0 Å². The second kappa shape index (κ2) is 6.43. The van der Waals surface area contributed by atoms with Crippen molar-refractivity contribution < 1.29 is 13.2 Å². The predicted molar refractivity (Wildman–Crippen MR) is 89.7 cm³/mol. The van der Waals surface area contributed by atoms with Gasteiger partial charge in [-0.3, -0.25) is 0 Å². The van der Waals surface area contributed by atoms with Gasteiger partial charge in [0.05, 0.1) is 17.6 Å². The maximum atomic E-state index is 13.0. The highest BCUT2D eigenvalue weighted by Crippen LogP contribution is 2.29. The van der Waals surface area contributed by atoms with Gasteiger partial charge in [-0.15, -0.1) is 0 Å². The Labute approximate surface area is 137 Å².